The molecule has 0 radical (unpaired) electrons. The molecule has 1 aliphatic rings. The highest BCUT2D eigenvalue weighted by molar-refractivity contribution is 9.09. The molecular formula is C9H19Br. The lowest BCUT2D eigenvalue weighted by molar-refractivity contribution is 0.504. The first-order chi connectivity index (χ1) is 4.73. The van der Waals surface area contributed by atoms with Crippen LogP contribution in [0.5, 0.6) is 0 Å². The zero-order valence-corrected chi connectivity index (χ0v) is 8.78. The van der Waals surface area contributed by atoms with Gasteiger partial charge in [-0.05, 0) is 0 Å². The van der Waals surface area contributed by atoms with E-state index in [-0.39, 0.29) is 0 Å². The van der Waals surface area contributed by atoms with Crippen LogP contribution in [0.2, 0.25) is 0 Å². The van der Waals surface area contributed by atoms with Gasteiger partial charge in [-0.2, -0.15) is 0 Å². The molecule has 0 nitrogen and oxygen atoms in total. The molecule has 0 aliphatic heterocycles. The molecule has 0 unspecified atom stereocenters. The van der Waals surface area contributed by atoms with E-state index in [1.54, 1.807) is 0 Å². The Morgan fingerprint density at radius 2 is 0.900 bits per heavy atom. The molecule has 1 aliphatic carbocycles. The molecule has 1 fully saturated rings. The Morgan fingerprint density at radius 3 is 1.00 bits per heavy atom. The van der Waals surface area contributed by atoms with Gasteiger partial charge < -0.3 is 0 Å². The van der Waals surface area contributed by atoms with Crippen LogP contribution in [0.3, 0.4) is 0 Å². The fourth-order valence-electron chi connectivity index (χ4n) is 1.06. The van der Waals surface area contributed by atoms with Gasteiger partial charge in [-0.25, -0.2) is 0 Å². The van der Waals surface area contributed by atoms with Crippen molar-refractivity contribution in [1.82, 2.24) is 0 Å². The Kier molecular flexibility index (Phi) is 7.95. The molecule has 0 bridgehead atoms. The van der Waals surface area contributed by atoms with Crippen molar-refractivity contribution in [2.75, 3.05) is 0 Å². The summed E-state index contributed by atoms with van der Waals surface area (Å²) in [4.78, 5) is 0.646. The Balaban J connectivity index is 0.000000180. The second-order valence-electron chi connectivity index (χ2n) is 3.14. The molecule has 0 aromatic heterocycles. The maximum absolute atomic E-state index is 3.27. The monoisotopic (exact) mass is 206 g/mol. The average Bonchev–Trinajstić information content (AvgIpc) is 1.90. The second kappa shape index (κ2) is 7.59. The van der Waals surface area contributed by atoms with E-state index >= 15 is 0 Å². The van der Waals surface area contributed by atoms with Gasteiger partial charge in [0.05, 0.1) is 0 Å². The molecular weight excluding hydrogens is 188 g/mol. The van der Waals surface area contributed by atoms with E-state index in [2.05, 4.69) is 29.8 Å². The SMILES string of the molecule is C1CCCCC1.CC(C)Br. The second-order valence-corrected chi connectivity index (χ2v) is 4.97. The Bertz CT molecular complexity index is 41.5. The van der Waals surface area contributed by atoms with Crippen molar-refractivity contribution in [3.63, 3.8) is 0 Å². The van der Waals surface area contributed by atoms with Gasteiger partial charge in [0.1, 0.15) is 0 Å². The lowest BCUT2D eigenvalue weighted by Gasteiger charge is -2.05. The number of hydrogen-bond donors (Lipinski definition) is 0. The quantitative estimate of drug-likeness (QED) is 0.524. The van der Waals surface area contributed by atoms with Crippen molar-refractivity contribution in [2.24, 2.45) is 0 Å². The summed E-state index contributed by atoms with van der Waals surface area (Å²) < 4.78 is 0. The molecule has 0 spiro atoms. The lowest BCUT2D eigenvalue weighted by Crippen LogP contribution is -1.85. The van der Waals surface area contributed by atoms with Gasteiger partial charge >= 0.3 is 0 Å². The van der Waals surface area contributed by atoms with E-state index in [0.29, 0.717) is 4.83 Å². The molecule has 1 heteroatoms. The summed E-state index contributed by atoms with van der Waals surface area (Å²) in [6.45, 7) is 4.17. The van der Waals surface area contributed by atoms with Crippen molar-refractivity contribution >= 4 is 15.9 Å². The maximum Gasteiger partial charge on any atom is 0.00888 e. The van der Waals surface area contributed by atoms with E-state index < -0.39 is 0 Å². The summed E-state index contributed by atoms with van der Waals surface area (Å²) in [6, 6.07) is 0. The minimum atomic E-state index is 0.646. The summed E-state index contributed by atoms with van der Waals surface area (Å²) in [5.41, 5.74) is 0. The number of hydrogen-bond acceptors (Lipinski definition) is 0. The summed E-state index contributed by atoms with van der Waals surface area (Å²) in [6.07, 6.45) is 9.00. The van der Waals surface area contributed by atoms with Crippen LogP contribution in [0, 0.1) is 0 Å². The molecule has 1 rings (SSSR count). The lowest BCUT2D eigenvalue weighted by atomic mass is 10.0. The number of halogens is 1. The fraction of sp³-hybridized carbons (Fsp3) is 1.00. The Labute approximate surface area is 73.5 Å². The topological polar surface area (TPSA) is 0 Å². The Hall–Kier alpha value is 0.480. The van der Waals surface area contributed by atoms with Crippen molar-refractivity contribution in [2.45, 2.75) is 57.2 Å². The average molecular weight is 207 g/mol. The smallest absolute Gasteiger partial charge is 0.00888 e. The molecule has 0 aromatic carbocycles. The van der Waals surface area contributed by atoms with Crippen LogP contribution < -0.4 is 0 Å². The Morgan fingerprint density at radius 1 is 0.800 bits per heavy atom. The van der Waals surface area contributed by atoms with Crippen LogP contribution in [0.4, 0.5) is 0 Å². The van der Waals surface area contributed by atoms with Gasteiger partial charge in [-0.15, -0.1) is 0 Å². The van der Waals surface area contributed by atoms with Gasteiger partial charge in [-0.1, -0.05) is 68.3 Å². The normalized spacial score (nSPS) is 18.0. The van der Waals surface area contributed by atoms with Gasteiger partial charge in [-0.3, -0.25) is 0 Å². The summed E-state index contributed by atoms with van der Waals surface area (Å²) in [7, 11) is 0. The molecule has 0 atom stereocenters. The largest absolute Gasteiger partial charge is 0.0897 e. The number of rotatable bonds is 0. The number of alkyl halides is 1. The van der Waals surface area contributed by atoms with E-state index in [0.717, 1.165) is 0 Å². The van der Waals surface area contributed by atoms with Crippen LogP contribution in [0.15, 0.2) is 0 Å². The predicted molar refractivity (Wildman–Crippen MR) is 51.8 cm³/mol. The van der Waals surface area contributed by atoms with Crippen molar-refractivity contribution in [1.29, 1.82) is 0 Å². The summed E-state index contributed by atoms with van der Waals surface area (Å²) in [5.74, 6) is 0. The first-order valence-corrected chi connectivity index (χ1v) is 5.29. The first kappa shape index (κ1) is 10.5. The van der Waals surface area contributed by atoms with Crippen LogP contribution in [0.25, 0.3) is 0 Å². The van der Waals surface area contributed by atoms with E-state index in [9.17, 15) is 0 Å². The third kappa shape index (κ3) is 11.3. The molecule has 0 heterocycles. The highest BCUT2D eigenvalue weighted by Gasteiger charge is 1.95. The molecule has 62 valence electrons. The van der Waals surface area contributed by atoms with Gasteiger partial charge in [0.25, 0.3) is 0 Å². The maximum atomic E-state index is 3.27. The van der Waals surface area contributed by atoms with Crippen LogP contribution in [-0.2, 0) is 0 Å². The molecule has 1 saturated carbocycles. The van der Waals surface area contributed by atoms with Gasteiger partial charge in [0, 0.05) is 4.83 Å². The zero-order chi connectivity index (χ0) is 7.82. The molecule has 0 amide bonds. The minimum Gasteiger partial charge on any atom is -0.0897 e. The van der Waals surface area contributed by atoms with Crippen molar-refractivity contribution in [3.8, 4) is 0 Å². The van der Waals surface area contributed by atoms with E-state index in [1.165, 1.54) is 38.5 Å². The molecule has 0 aromatic rings. The zero-order valence-electron chi connectivity index (χ0n) is 7.20. The summed E-state index contributed by atoms with van der Waals surface area (Å²) >= 11 is 3.27. The van der Waals surface area contributed by atoms with Crippen molar-refractivity contribution in [3.05, 3.63) is 0 Å². The highest BCUT2D eigenvalue weighted by Crippen LogP contribution is 2.15. The fourth-order valence-corrected chi connectivity index (χ4v) is 1.06. The molecule has 0 saturated heterocycles. The molecule has 10 heavy (non-hydrogen) atoms. The minimum absolute atomic E-state index is 0.646. The van der Waals surface area contributed by atoms with E-state index in [4.69, 9.17) is 0 Å². The third-order valence-corrected chi connectivity index (χ3v) is 1.50. The van der Waals surface area contributed by atoms with Crippen LogP contribution >= 0.6 is 15.9 Å². The van der Waals surface area contributed by atoms with Gasteiger partial charge in [0.2, 0.25) is 0 Å². The first-order valence-electron chi connectivity index (χ1n) is 4.37. The van der Waals surface area contributed by atoms with Crippen molar-refractivity contribution < 1.29 is 0 Å². The molecule has 0 N–H and O–H groups in total. The van der Waals surface area contributed by atoms with E-state index in [1.807, 2.05) is 0 Å². The van der Waals surface area contributed by atoms with Crippen LogP contribution in [0.1, 0.15) is 52.4 Å². The summed E-state index contributed by atoms with van der Waals surface area (Å²) in [5, 5.41) is 0. The predicted octanol–water partition coefficient (Wildman–Crippen LogP) is 4.13. The standard InChI is InChI=1S/C6H12.C3H7Br/c1-2-4-6-5-3-1;1-3(2)4/h1-6H2;3H,1-2H3. The van der Waals surface area contributed by atoms with Crippen LogP contribution in [-0.4, -0.2) is 4.83 Å². The highest BCUT2D eigenvalue weighted by atomic mass is 79.9. The van der Waals surface area contributed by atoms with Gasteiger partial charge in [0.15, 0.2) is 0 Å². The third-order valence-electron chi connectivity index (χ3n) is 1.50.